The van der Waals surface area contributed by atoms with Crippen LogP contribution in [-0.4, -0.2) is 66.3 Å². The summed E-state index contributed by atoms with van der Waals surface area (Å²) >= 11 is 0. The summed E-state index contributed by atoms with van der Waals surface area (Å²) < 4.78 is 32.0. The molecule has 2 aromatic rings. The van der Waals surface area contributed by atoms with E-state index in [1.807, 2.05) is 25.1 Å². The first-order valence-electron chi connectivity index (χ1n) is 8.42. The van der Waals surface area contributed by atoms with Crippen LogP contribution >= 0.6 is 0 Å². The third kappa shape index (κ3) is 4.23. The predicted octanol–water partition coefficient (Wildman–Crippen LogP) is 1.02. The fourth-order valence-corrected chi connectivity index (χ4v) is 4.21. The second-order valence-electron chi connectivity index (χ2n) is 6.16. The molecule has 1 aliphatic heterocycles. The van der Waals surface area contributed by atoms with Gasteiger partial charge in [0.25, 0.3) is 15.9 Å². The second-order valence-corrected chi connectivity index (χ2v) is 8.07. The molecule has 0 atom stereocenters. The Morgan fingerprint density at radius 1 is 1.27 bits per heavy atom. The maximum Gasteiger partial charge on any atom is 0.260 e. The summed E-state index contributed by atoms with van der Waals surface area (Å²) in [5.41, 5.74) is 1.06. The minimum absolute atomic E-state index is 0.0588. The Balaban J connectivity index is 1.57. The van der Waals surface area contributed by atoms with Crippen LogP contribution in [0.3, 0.4) is 0 Å². The Labute approximate surface area is 152 Å². The van der Waals surface area contributed by atoms with Crippen LogP contribution in [0.5, 0.6) is 5.75 Å². The quantitative estimate of drug-likeness (QED) is 0.838. The summed E-state index contributed by atoms with van der Waals surface area (Å²) in [6.45, 7) is 3.35. The van der Waals surface area contributed by atoms with Crippen molar-refractivity contribution in [1.29, 1.82) is 0 Å². The fourth-order valence-electron chi connectivity index (χ4n) is 2.85. The second kappa shape index (κ2) is 7.88. The fraction of sp³-hybridized carbons (Fsp3) is 0.412. The van der Waals surface area contributed by atoms with Gasteiger partial charge in [0, 0.05) is 26.2 Å². The molecule has 2 heterocycles. The molecule has 1 amide bonds. The van der Waals surface area contributed by atoms with Crippen LogP contribution in [0.4, 0.5) is 0 Å². The first-order chi connectivity index (χ1) is 12.5. The molecule has 0 unspecified atom stereocenters. The van der Waals surface area contributed by atoms with Crippen molar-refractivity contribution in [3.05, 3.63) is 42.4 Å². The number of carbonyl (C=O) groups excluding carboxylic acids is 1. The van der Waals surface area contributed by atoms with Crippen molar-refractivity contribution in [3.8, 4) is 5.75 Å². The molecule has 140 valence electrons. The van der Waals surface area contributed by atoms with E-state index in [-0.39, 0.29) is 24.1 Å². The number of carbonyl (C=O) groups is 1. The average molecular weight is 378 g/mol. The van der Waals surface area contributed by atoms with Gasteiger partial charge in [-0.25, -0.2) is 13.4 Å². The van der Waals surface area contributed by atoms with Crippen LogP contribution in [0, 0.1) is 6.92 Å². The normalized spacial score (nSPS) is 16.3. The Morgan fingerprint density at radius 3 is 2.85 bits per heavy atom. The van der Waals surface area contributed by atoms with Crippen molar-refractivity contribution in [2.45, 2.75) is 18.4 Å². The van der Waals surface area contributed by atoms with Crippen molar-refractivity contribution in [3.63, 3.8) is 0 Å². The maximum atomic E-state index is 12.5. The van der Waals surface area contributed by atoms with Crippen molar-refractivity contribution < 1.29 is 17.9 Å². The van der Waals surface area contributed by atoms with E-state index >= 15 is 0 Å². The van der Waals surface area contributed by atoms with Gasteiger partial charge in [0.15, 0.2) is 11.6 Å². The van der Waals surface area contributed by atoms with Crippen LogP contribution in [0.15, 0.2) is 41.8 Å². The zero-order valence-electron chi connectivity index (χ0n) is 14.6. The number of nitrogens with zero attached hydrogens (tertiary/aromatic N) is 3. The molecule has 8 nitrogen and oxygen atoms in total. The number of ether oxygens (including phenoxy) is 1. The molecule has 9 heteroatoms. The number of sulfonamides is 1. The van der Waals surface area contributed by atoms with E-state index in [1.54, 1.807) is 11.0 Å². The van der Waals surface area contributed by atoms with Gasteiger partial charge in [-0.05, 0) is 31.0 Å². The van der Waals surface area contributed by atoms with E-state index in [0.717, 1.165) is 5.56 Å². The van der Waals surface area contributed by atoms with Gasteiger partial charge in [0.2, 0.25) is 0 Å². The summed E-state index contributed by atoms with van der Waals surface area (Å²) in [5, 5.41) is 0.0695. The van der Waals surface area contributed by atoms with Gasteiger partial charge in [0.1, 0.15) is 5.75 Å². The van der Waals surface area contributed by atoms with Crippen LogP contribution in [0.25, 0.3) is 0 Å². The minimum atomic E-state index is -3.61. The molecule has 1 aromatic carbocycles. The zero-order chi connectivity index (χ0) is 18.6. The number of amides is 1. The summed E-state index contributed by atoms with van der Waals surface area (Å²) in [6, 6.07) is 7.51. The molecule has 0 bridgehead atoms. The highest BCUT2D eigenvalue weighted by Gasteiger charge is 2.29. The summed E-state index contributed by atoms with van der Waals surface area (Å²) in [7, 11) is -3.61. The molecule has 1 N–H and O–H groups in total. The number of H-pyrrole nitrogens is 1. The Kier molecular flexibility index (Phi) is 5.58. The lowest BCUT2D eigenvalue weighted by Crippen LogP contribution is -2.39. The molecular weight excluding hydrogens is 356 g/mol. The minimum Gasteiger partial charge on any atom is -0.484 e. The van der Waals surface area contributed by atoms with E-state index in [4.69, 9.17) is 4.74 Å². The van der Waals surface area contributed by atoms with E-state index in [2.05, 4.69) is 9.97 Å². The first kappa shape index (κ1) is 18.4. The van der Waals surface area contributed by atoms with Crippen molar-refractivity contribution in [2.75, 3.05) is 32.8 Å². The lowest BCUT2D eigenvalue weighted by atomic mass is 10.2. The van der Waals surface area contributed by atoms with E-state index in [1.165, 1.54) is 16.8 Å². The number of rotatable bonds is 5. The monoisotopic (exact) mass is 378 g/mol. The first-order valence-corrected chi connectivity index (χ1v) is 9.86. The third-order valence-electron chi connectivity index (χ3n) is 4.25. The van der Waals surface area contributed by atoms with E-state index in [0.29, 0.717) is 31.8 Å². The highest BCUT2D eigenvalue weighted by Crippen LogP contribution is 2.16. The topological polar surface area (TPSA) is 95.6 Å². The van der Waals surface area contributed by atoms with Crippen LogP contribution < -0.4 is 4.74 Å². The average Bonchev–Trinajstić information content (AvgIpc) is 3.05. The molecule has 0 spiro atoms. The van der Waals surface area contributed by atoms with E-state index < -0.39 is 10.0 Å². The van der Waals surface area contributed by atoms with Crippen molar-refractivity contribution in [1.82, 2.24) is 19.2 Å². The van der Waals surface area contributed by atoms with Gasteiger partial charge >= 0.3 is 0 Å². The van der Waals surface area contributed by atoms with E-state index in [9.17, 15) is 13.2 Å². The summed E-state index contributed by atoms with van der Waals surface area (Å²) in [6.07, 6.45) is 3.20. The van der Waals surface area contributed by atoms with Gasteiger partial charge in [-0.1, -0.05) is 12.1 Å². The Bertz CT molecular complexity index is 851. The van der Waals surface area contributed by atoms with Gasteiger partial charge in [-0.2, -0.15) is 4.31 Å². The smallest absolute Gasteiger partial charge is 0.260 e. The highest BCUT2D eigenvalue weighted by molar-refractivity contribution is 7.89. The van der Waals surface area contributed by atoms with Crippen LogP contribution in [-0.2, 0) is 14.8 Å². The number of aromatic nitrogens is 2. The van der Waals surface area contributed by atoms with Crippen LogP contribution in [0.2, 0.25) is 0 Å². The number of hydrogen-bond donors (Lipinski definition) is 1. The number of aromatic amines is 1. The molecular formula is C17H22N4O4S. The molecule has 0 aliphatic carbocycles. The molecule has 0 saturated carbocycles. The lowest BCUT2D eigenvalue weighted by molar-refractivity contribution is -0.133. The number of benzene rings is 1. The highest BCUT2D eigenvalue weighted by atomic mass is 32.2. The largest absolute Gasteiger partial charge is 0.484 e. The number of aryl methyl sites for hydroxylation is 1. The van der Waals surface area contributed by atoms with Gasteiger partial charge in [0.05, 0.1) is 12.5 Å². The Morgan fingerprint density at radius 2 is 2.12 bits per heavy atom. The number of imidazole rings is 1. The van der Waals surface area contributed by atoms with Crippen molar-refractivity contribution in [2.24, 2.45) is 0 Å². The van der Waals surface area contributed by atoms with Gasteiger partial charge in [-0.15, -0.1) is 0 Å². The lowest BCUT2D eigenvalue weighted by Gasteiger charge is -2.21. The molecule has 26 heavy (non-hydrogen) atoms. The molecule has 1 aliphatic rings. The number of nitrogens with one attached hydrogen (secondary N) is 1. The predicted molar refractivity (Wildman–Crippen MR) is 95.2 cm³/mol. The SMILES string of the molecule is Cc1cccc(OCC(=O)N2CCCN(S(=O)(=O)c3cnc[nH]3)CC2)c1. The molecule has 0 radical (unpaired) electrons. The standard InChI is InChI=1S/C17H22N4O4S/c1-14-4-2-5-15(10-14)25-12-17(22)20-6-3-7-21(9-8-20)26(23,24)16-11-18-13-19-16/h2,4-5,10-11,13H,3,6-9,12H2,1H3,(H,18,19). The van der Waals surface area contributed by atoms with Crippen molar-refractivity contribution >= 4 is 15.9 Å². The third-order valence-corrected chi connectivity index (χ3v) is 6.07. The maximum absolute atomic E-state index is 12.5. The number of hydrogen-bond acceptors (Lipinski definition) is 5. The Hall–Kier alpha value is -2.39. The molecule has 1 fully saturated rings. The molecule has 3 rings (SSSR count). The zero-order valence-corrected chi connectivity index (χ0v) is 15.4. The summed E-state index contributed by atoms with van der Waals surface area (Å²) in [4.78, 5) is 20.5. The van der Waals surface area contributed by atoms with Gasteiger partial charge < -0.3 is 14.6 Å². The molecule has 1 saturated heterocycles. The van der Waals surface area contributed by atoms with Gasteiger partial charge in [-0.3, -0.25) is 4.79 Å². The summed E-state index contributed by atoms with van der Waals surface area (Å²) in [5.74, 6) is 0.504. The van der Waals surface area contributed by atoms with Crippen LogP contribution in [0.1, 0.15) is 12.0 Å². The molecule has 1 aromatic heterocycles.